The van der Waals surface area contributed by atoms with Crippen LogP contribution in [0.4, 0.5) is 22.7 Å². The molecule has 150 heavy (non-hydrogen) atoms. The topological polar surface area (TPSA) is 151 Å². The molecule has 21 aromatic carbocycles. The van der Waals surface area contributed by atoms with Crippen molar-refractivity contribution in [1.82, 2.24) is 13.7 Å². The van der Waals surface area contributed by atoms with E-state index in [0.717, 1.165) is 178 Å². The number of hydrogen-bond donors (Lipinski definition) is 0. The van der Waals surface area contributed by atoms with Gasteiger partial charge in [-0.25, -0.2) is 9.69 Å². The van der Waals surface area contributed by atoms with Gasteiger partial charge in [0.05, 0.1) is 112 Å². The molecule has 0 fully saturated rings. The van der Waals surface area contributed by atoms with Crippen LogP contribution in [0.1, 0.15) is 27.8 Å². The highest BCUT2D eigenvalue weighted by atomic mass is 28.3. The van der Waals surface area contributed by atoms with Crippen LogP contribution in [0.15, 0.2) is 510 Å². The standard InChI is InChI=1S/3C45H28N4Si/c1-47-41-29-34(33-23-25-35(26-24-33)49-42-21-13-12-20-39(42)40-28-32(31-46)22-27-43(40)49)30-44(45(41)48-2)50(36-14-6-3-7-15-36,37-16-8-4-9-17-37)38-18-10-5-11-19-38;1-48-42-27-26-38(33-22-24-34(25-23-33)49-43-20-12-11-19-39(43)40-29-32(30-46)21-28-44(40)49)45(41(42)31-47)50(35-13-5-2-6-14-35,36-15-7-3-8-16-36)37-17-9-4-10-18-37;1-48-42-29-34(33-22-24-36(25-23-33)49-43-20-12-11-19-40(43)41-27-32(30-46)21-26-44(41)49)28-35(31-47)45(42)50(37-13-5-2-6-14-37,38-15-7-3-8-16-38)39-17-9-4-10-18-39/h3-30H;2*2-29H. The third-order valence-corrected chi connectivity index (χ3v) is 43.4. The highest BCUT2D eigenvalue weighted by molar-refractivity contribution is 7.22. The van der Waals surface area contributed by atoms with E-state index >= 15 is 0 Å². The molecule has 0 radical (unpaired) electrons. The van der Waals surface area contributed by atoms with E-state index in [-0.39, 0.29) is 0 Å². The summed E-state index contributed by atoms with van der Waals surface area (Å²) in [5.74, 6) is 0. The minimum absolute atomic E-state index is 0.351. The minimum Gasteiger partial charge on any atom is -0.309 e. The lowest BCUT2D eigenvalue weighted by molar-refractivity contribution is 1.18. The first-order valence-electron chi connectivity index (χ1n) is 49.0. The number of nitriles is 5. The van der Waals surface area contributed by atoms with Gasteiger partial charge in [0, 0.05) is 54.9 Å². The van der Waals surface area contributed by atoms with E-state index in [0.29, 0.717) is 50.6 Å². The molecule has 0 saturated carbocycles. The molecule has 0 atom stereocenters. The maximum Gasteiger partial charge on any atom is 0.204 e. The normalized spacial score (nSPS) is 11.1. The second-order valence-corrected chi connectivity index (χ2v) is 47.9. The third-order valence-electron chi connectivity index (χ3n) is 28.9. The van der Waals surface area contributed by atoms with E-state index in [1.54, 1.807) is 6.07 Å². The molecular formula is C135H84N12Si3. The van der Waals surface area contributed by atoms with Crippen molar-refractivity contribution in [2.24, 2.45) is 0 Å². The lowest BCUT2D eigenvalue weighted by Crippen LogP contribution is -2.75. The molecule has 0 aliphatic carbocycles. The van der Waals surface area contributed by atoms with Crippen LogP contribution in [0.25, 0.3) is 135 Å². The molecule has 0 unspecified atom stereocenters. The Morgan fingerprint density at radius 2 is 0.480 bits per heavy atom. The van der Waals surface area contributed by atoms with Crippen LogP contribution < -0.4 is 62.2 Å². The van der Waals surface area contributed by atoms with Crippen molar-refractivity contribution in [2.45, 2.75) is 0 Å². The molecule has 3 aromatic heterocycles. The average Bonchev–Trinajstić information content (AvgIpc) is 1.21. The van der Waals surface area contributed by atoms with Crippen molar-refractivity contribution in [2.75, 3.05) is 0 Å². The number of nitrogens with zero attached hydrogens (tertiary/aromatic N) is 12. The molecule has 0 N–H and O–H groups in total. The molecule has 3 heterocycles. The van der Waals surface area contributed by atoms with E-state index in [2.05, 4.69) is 361 Å². The highest BCUT2D eigenvalue weighted by Gasteiger charge is 2.48. The maximum absolute atomic E-state index is 10.9. The van der Waals surface area contributed by atoms with E-state index in [1.807, 2.05) is 206 Å². The van der Waals surface area contributed by atoms with Crippen LogP contribution in [0.2, 0.25) is 0 Å². The summed E-state index contributed by atoms with van der Waals surface area (Å²) in [4.78, 5) is 16.1. The Hall–Kier alpha value is -20.9. The second-order valence-electron chi connectivity index (χ2n) is 36.6. The van der Waals surface area contributed by atoms with E-state index in [4.69, 9.17) is 26.3 Å². The summed E-state index contributed by atoms with van der Waals surface area (Å²) in [5, 5.41) is 69.7. The largest absolute Gasteiger partial charge is 0.309 e. The van der Waals surface area contributed by atoms with Crippen molar-refractivity contribution < 1.29 is 0 Å². The third kappa shape index (κ3) is 16.3. The number of hydrogen-bond acceptors (Lipinski definition) is 5. The Labute approximate surface area is 872 Å². The van der Waals surface area contributed by atoms with Crippen LogP contribution in [-0.2, 0) is 0 Å². The molecule has 696 valence electrons. The summed E-state index contributed by atoms with van der Waals surface area (Å²) in [5.41, 5.74) is 19.1. The number of rotatable bonds is 18. The van der Waals surface area contributed by atoms with Crippen LogP contribution >= 0.6 is 0 Å². The highest BCUT2D eigenvalue weighted by Crippen LogP contribution is 2.42. The molecule has 0 bridgehead atoms. The Kier molecular flexibility index (Phi) is 25.6. The zero-order valence-corrected chi connectivity index (χ0v) is 83.9. The Balaban J connectivity index is 0.000000127. The van der Waals surface area contributed by atoms with Gasteiger partial charge in [-0.05, 0) is 212 Å². The quantitative estimate of drug-likeness (QED) is 0.0476. The van der Waals surface area contributed by atoms with Crippen LogP contribution in [0.3, 0.4) is 0 Å². The zero-order chi connectivity index (χ0) is 102. The number of para-hydroxylation sites is 3. The van der Waals surface area contributed by atoms with Gasteiger partial charge in [0.25, 0.3) is 0 Å². The summed E-state index contributed by atoms with van der Waals surface area (Å²) >= 11 is 0. The predicted octanol–water partition coefficient (Wildman–Crippen LogP) is 25.0. The molecule has 0 spiro atoms. The first-order valence-corrected chi connectivity index (χ1v) is 55.0. The molecule has 24 aromatic rings. The van der Waals surface area contributed by atoms with E-state index < -0.39 is 24.2 Å². The number of benzene rings is 21. The molecule has 0 aliphatic heterocycles. The van der Waals surface area contributed by atoms with Gasteiger partial charge in [0.15, 0.2) is 41.3 Å². The van der Waals surface area contributed by atoms with Gasteiger partial charge in [0.1, 0.15) is 0 Å². The molecular weight excluding hydrogens is 1870 g/mol. The molecule has 12 nitrogen and oxygen atoms in total. The van der Waals surface area contributed by atoms with Gasteiger partial charge < -0.3 is 13.7 Å². The zero-order valence-electron chi connectivity index (χ0n) is 80.9. The first-order chi connectivity index (χ1) is 74.0. The number of aromatic nitrogens is 3. The van der Waals surface area contributed by atoms with E-state index in [1.165, 1.54) is 0 Å². The van der Waals surface area contributed by atoms with Gasteiger partial charge in [0.2, 0.25) is 5.69 Å². The fourth-order valence-electron chi connectivity index (χ4n) is 22.5. The van der Waals surface area contributed by atoms with Crippen LogP contribution in [0.5, 0.6) is 0 Å². The smallest absolute Gasteiger partial charge is 0.204 e. The summed E-state index contributed by atoms with van der Waals surface area (Å²) < 4.78 is 6.67. The van der Waals surface area contributed by atoms with Crippen molar-refractivity contribution in [3.63, 3.8) is 0 Å². The molecule has 0 amide bonds. The Morgan fingerprint density at radius 1 is 0.200 bits per heavy atom. The van der Waals surface area contributed by atoms with E-state index in [9.17, 15) is 26.3 Å². The van der Waals surface area contributed by atoms with Crippen LogP contribution in [0, 0.1) is 82.9 Å². The van der Waals surface area contributed by atoms with Gasteiger partial charge in [-0.2, -0.15) is 26.3 Å². The molecule has 24 rings (SSSR count). The Morgan fingerprint density at radius 3 is 0.780 bits per heavy atom. The van der Waals surface area contributed by atoms with Crippen molar-refractivity contribution in [1.29, 1.82) is 26.3 Å². The first kappa shape index (κ1) is 94.0. The summed E-state index contributed by atoms with van der Waals surface area (Å²) in [6.07, 6.45) is 0. The predicted molar refractivity (Wildman–Crippen MR) is 618 cm³/mol. The minimum atomic E-state index is -3.19. The van der Waals surface area contributed by atoms with Gasteiger partial charge in [-0.15, -0.1) is 0 Å². The molecule has 0 saturated heterocycles. The second kappa shape index (κ2) is 40.8. The lowest BCUT2D eigenvalue weighted by Gasteiger charge is -2.37. The monoisotopic (exact) mass is 1960 g/mol. The van der Waals surface area contributed by atoms with Gasteiger partial charge in [-0.1, -0.05) is 393 Å². The van der Waals surface area contributed by atoms with Crippen molar-refractivity contribution in [3.8, 4) is 80.8 Å². The van der Waals surface area contributed by atoms with Crippen LogP contribution in [-0.4, -0.2) is 37.9 Å². The fraction of sp³-hybridized carbons (Fsp3) is 0. The molecule has 0 aliphatic rings. The average molecular weight is 1960 g/mol. The maximum atomic E-state index is 10.9. The fourth-order valence-corrected chi connectivity index (χ4v) is 37.5. The van der Waals surface area contributed by atoms with Gasteiger partial charge in [-0.3, -0.25) is 9.69 Å². The summed E-state index contributed by atoms with van der Waals surface area (Å²) in [7, 11) is -9.39. The lowest BCUT2D eigenvalue weighted by atomic mass is 10.0. The summed E-state index contributed by atoms with van der Waals surface area (Å²) in [6.45, 7) is 33.3. The van der Waals surface area contributed by atoms with Crippen molar-refractivity contribution in [3.05, 3.63) is 583 Å². The molecule has 15 heteroatoms. The number of fused-ring (bicyclic) bond motifs is 9. The van der Waals surface area contributed by atoms with Crippen molar-refractivity contribution >= 4 is 175 Å². The van der Waals surface area contributed by atoms with Gasteiger partial charge >= 0.3 is 0 Å². The SMILES string of the molecule is [C-]#[N+]c1cc(-c2ccc(-n3c4ccccc4c4cc(C#N)ccc43)cc2)cc(C#N)c1[Si](c1ccccc1)(c1ccccc1)c1ccccc1.[C-]#[N+]c1cc(-c2ccc(-n3c4ccccc4c4cc(C#N)ccc43)cc2)cc([Si](c2ccccc2)(c2ccccc2)c2ccccc2)c1[N+]#[C-].[C-]#[N+]c1ccc(-c2ccc(-n3c4ccccc4c4cc(C#N)ccc43)cc2)c([Si](c2ccccc2)(c2ccccc2)c2ccccc2)c1C#N. The Bertz CT molecular complexity index is 9440. The summed E-state index contributed by atoms with van der Waals surface area (Å²) in [6, 6.07) is 185.